The fraction of sp³-hybridized carbons (Fsp3) is 0.419. The SMILES string of the molecule is COC(C)(C)C(C)(C)O[B]c1cc2c3ccccc3c(B3OC(C)(C)C(C)(C)O3)cc2c2ccccc12. The number of ether oxygens (including phenoxy) is 1. The highest BCUT2D eigenvalue weighted by molar-refractivity contribution is 6.66. The summed E-state index contributed by atoms with van der Waals surface area (Å²) in [5, 5.41) is 6.96. The Kier molecular flexibility index (Phi) is 6.27. The quantitative estimate of drug-likeness (QED) is 0.246. The molecule has 0 saturated carbocycles. The van der Waals surface area contributed by atoms with Crippen molar-refractivity contribution in [1.82, 2.24) is 0 Å². The molecule has 0 bridgehead atoms. The first-order valence-corrected chi connectivity index (χ1v) is 13.1. The molecule has 0 aliphatic carbocycles. The lowest BCUT2D eigenvalue weighted by molar-refractivity contribution is -0.114. The van der Waals surface area contributed by atoms with Crippen molar-refractivity contribution in [3.63, 3.8) is 0 Å². The molecule has 0 amide bonds. The zero-order chi connectivity index (χ0) is 26.8. The lowest BCUT2D eigenvalue weighted by Gasteiger charge is -2.40. The molecule has 0 unspecified atom stereocenters. The average molecular weight is 495 g/mol. The average Bonchev–Trinajstić information content (AvgIpc) is 3.08. The first kappa shape index (κ1) is 26.2. The molecule has 6 heteroatoms. The molecular formula is C31H37B2O4. The van der Waals surface area contributed by atoms with Crippen molar-refractivity contribution in [2.75, 3.05) is 7.11 Å². The molecule has 37 heavy (non-hydrogen) atoms. The number of fused-ring (bicyclic) bond motifs is 5. The summed E-state index contributed by atoms with van der Waals surface area (Å²) in [5.74, 6) is 0. The fourth-order valence-electron chi connectivity index (χ4n) is 4.87. The van der Waals surface area contributed by atoms with Gasteiger partial charge in [-0.1, -0.05) is 60.7 Å². The molecule has 1 saturated heterocycles. The molecule has 191 valence electrons. The van der Waals surface area contributed by atoms with Crippen LogP contribution in [-0.2, 0) is 18.7 Å². The minimum Gasteiger partial charge on any atom is -0.427 e. The molecule has 4 aromatic rings. The van der Waals surface area contributed by atoms with Gasteiger partial charge in [0, 0.05) is 7.11 Å². The van der Waals surface area contributed by atoms with E-state index in [4.69, 9.17) is 18.7 Å². The van der Waals surface area contributed by atoms with Gasteiger partial charge in [0.2, 0.25) is 0 Å². The molecule has 1 aliphatic heterocycles. The number of rotatable bonds is 6. The fourth-order valence-corrected chi connectivity index (χ4v) is 4.87. The van der Waals surface area contributed by atoms with Crippen LogP contribution in [0.15, 0.2) is 60.7 Å². The van der Waals surface area contributed by atoms with Crippen LogP contribution in [0.4, 0.5) is 0 Å². The molecule has 0 atom stereocenters. The van der Waals surface area contributed by atoms with Crippen LogP contribution in [0.3, 0.4) is 0 Å². The topological polar surface area (TPSA) is 36.9 Å². The summed E-state index contributed by atoms with van der Waals surface area (Å²) in [6.07, 6.45) is 0. The Bertz CT molecular complexity index is 1470. The van der Waals surface area contributed by atoms with E-state index in [2.05, 4.69) is 102 Å². The largest absolute Gasteiger partial charge is 0.495 e. The molecular weight excluding hydrogens is 458 g/mol. The van der Waals surface area contributed by atoms with E-state index in [0.717, 1.165) is 21.7 Å². The highest BCUT2D eigenvalue weighted by atomic mass is 16.7. The Morgan fingerprint density at radius 2 is 1.16 bits per heavy atom. The second-order valence-electron chi connectivity index (χ2n) is 12.2. The maximum Gasteiger partial charge on any atom is 0.495 e. The third-order valence-electron chi connectivity index (χ3n) is 8.89. The number of benzene rings is 4. The number of hydrogen-bond donors (Lipinski definition) is 0. The molecule has 0 N–H and O–H groups in total. The maximum atomic E-state index is 6.50. The molecule has 1 aliphatic rings. The van der Waals surface area contributed by atoms with Gasteiger partial charge < -0.3 is 18.7 Å². The first-order chi connectivity index (χ1) is 17.3. The van der Waals surface area contributed by atoms with Gasteiger partial charge in [-0.3, -0.25) is 0 Å². The van der Waals surface area contributed by atoms with E-state index in [1.165, 1.54) is 21.5 Å². The van der Waals surface area contributed by atoms with Crippen LogP contribution in [0.2, 0.25) is 0 Å². The zero-order valence-electron chi connectivity index (χ0n) is 23.6. The predicted molar refractivity (Wildman–Crippen MR) is 156 cm³/mol. The molecule has 1 radical (unpaired) electrons. The van der Waals surface area contributed by atoms with Gasteiger partial charge in [-0.15, -0.1) is 0 Å². The van der Waals surface area contributed by atoms with Crippen LogP contribution in [0, 0.1) is 0 Å². The van der Waals surface area contributed by atoms with E-state index in [0.29, 0.717) is 0 Å². The van der Waals surface area contributed by atoms with Crippen molar-refractivity contribution in [3.05, 3.63) is 60.7 Å². The molecule has 5 rings (SSSR count). The highest BCUT2D eigenvalue weighted by Crippen LogP contribution is 2.38. The van der Waals surface area contributed by atoms with Crippen molar-refractivity contribution in [1.29, 1.82) is 0 Å². The van der Waals surface area contributed by atoms with Crippen molar-refractivity contribution < 1.29 is 18.7 Å². The first-order valence-electron chi connectivity index (χ1n) is 13.1. The van der Waals surface area contributed by atoms with Gasteiger partial charge in [-0.25, -0.2) is 0 Å². The van der Waals surface area contributed by atoms with Gasteiger partial charge in [0.1, 0.15) is 0 Å². The van der Waals surface area contributed by atoms with Crippen LogP contribution < -0.4 is 10.9 Å². The Hall–Kier alpha value is -2.37. The lowest BCUT2D eigenvalue weighted by Crippen LogP contribution is -2.50. The van der Waals surface area contributed by atoms with Crippen LogP contribution in [0.5, 0.6) is 0 Å². The minimum absolute atomic E-state index is 0.408. The second-order valence-corrected chi connectivity index (χ2v) is 12.2. The van der Waals surface area contributed by atoms with E-state index in [1.54, 1.807) is 7.11 Å². The summed E-state index contributed by atoms with van der Waals surface area (Å²) in [6, 6.07) is 21.5. The van der Waals surface area contributed by atoms with Gasteiger partial charge in [0.15, 0.2) is 0 Å². The van der Waals surface area contributed by atoms with Crippen LogP contribution in [0.25, 0.3) is 32.3 Å². The normalized spacial score (nSPS) is 17.7. The summed E-state index contributed by atoms with van der Waals surface area (Å²) < 4.78 is 25.1. The third kappa shape index (κ3) is 4.28. The van der Waals surface area contributed by atoms with Crippen LogP contribution in [0.1, 0.15) is 55.4 Å². The summed E-state index contributed by atoms with van der Waals surface area (Å²) in [4.78, 5) is 0. The highest BCUT2D eigenvalue weighted by Gasteiger charge is 2.52. The van der Waals surface area contributed by atoms with E-state index >= 15 is 0 Å². The van der Waals surface area contributed by atoms with Crippen molar-refractivity contribution in [2.45, 2.75) is 77.8 Å². The Labute approximate surface area is 222 Å². The van der Waals surface area contributed by atoms with Crippen LogP contribution >= 0.6 is 0 Å². The summed E-state index contributed by atoms with van der Waals surface area (Å²) in [6.45, 7) is 16.6. The molecule has 4 aromatic carbocycles. The predicted octanol–water partition coefficient (Wildman–Crippen LogP) is 5.91. The van der Waals surface area contributed by atoms with E-state index in [-0.39, 0.29) is 0 Å². The van der Waals surface area contributed by atoms with Gasteiger partial charge in [0.25, 0.3) is 0 Å². The standard InChI is InChI=1S/C31H37B2O4/c1-28(2,34-9)29(3,4)35-32-26-18-24-21-15-11-13-17-23(21)27(33-36-30(5,6)31(7,8)37-33)19-25(24)20-14-10-12-16-22(20)26/h10-19H,1-9H3. The molecule has 0 spiro atoms. The molecule has 4 nitrogen and oxygen atoms in total. The minimum atomic E-state index is -0.527. The maximum absolute atomic E-state index is 6.50. The van der Waals surface area contributed by atoms with Gasteiger partial charge >= 0.3 is 14.6 Å². The molecule has 1 fully saturated rings. The Morgan fingerprint density at radius 3 is 1.73 bits per heavy atom. The van der Waals surface area contributed by atoms with Crippen molar-refractivity contribution >= 4 is 57.8 Å². The second kappa shape index (κ2) is 8.84. The molecule has 1 heterocycles. The van der Waals surface area contributed by atoms with Gasteiger partial charge in [0.05, 0.1) is 22.4 Å². The van der Waals surface area contributed by atoms with Crippen LogP contribution in [-0.4, -0.2) is 44.1 Å². The zero-order valence-corrected chi connectivity index (χ0v) is 23.6. The monoisotopic (exact) mass is 495 g/mol. The third-order valence-corrected chi connectivity index (χ3v) is 8.89. The van der Waals surface area contributed by atoms with Gasteiger partial charge in [-0.05, 0) is 98.6 Å². The van der Waals surface area contributed by atoms with E-state index in [9.17, 15) is 0 Å². The Balaban J connectivity index is 1.70. The Morgan fingerprint density at radius 1 is 0.676 bits per heavy atom. The van der Waals surface area contributed by atoms with E-state index < -0.39 is 29.5 Å². The summed E-state index contributed by atoms with van der Waals surface area (Å²) >= 11 is 0. The lowest BCUT2D eigenvalue weighted by atomic mass is 9.73. The van der Waals surface area contributed by atoms with Crippen molar-refractivity contribution in [2.24, 2.45) is 0 Å². The number of methoxy groups -OCH3 is 1. The number of hydrogen-bond acceptors (Lipinski definition) is 4. The smallest absolute Gasteiger partial charge is 0.427 e. The summed E-state index contributed by atoms with van der Waals surface area (Å²) in [7, 11) is 3.17. The molecule has 0 aromatic heterocycles. The summed E-state index contributed by atoms with van der Waals surface area (Å²) in [5.41, 5.74) is 0.296. The van der Waals surface area contributed by atoms with E-state index in [1.807, 2.05) is 21.3 Å². The van der Waals surface area contributed by atoms with Gasteiger partial charge in [-0.2, -0.15) is 0 Å². The van der Waals surface area contributed by atoms with Crippen molar-refractivity contribution in [3.8, 4) is 0 Å².